The van der Waals surface area contributed by atoms with E-state index in [4.69, 9.17) is 10.8 Å². The molecule has 0 aliphatic rings. The lowest BCUT2D eigenvalue weighted by Crippen LogP contribution is -2.51. The first kappa shape index (κ1) is 17.3. The molecule has 0 aromatic heterocycles. The number of benzene rings is 1. The van der Waals surface area contributed by atoms with Crippen LogP contribution in [0.3, 0.4) is 0 Å². The molecule has 0 amide bonds. The SMILES string of the molecule is CCCC(SCC(N)C(=O)O)[Si](C)(C)c1ccccc1. The number of carboxylic acids is 1. The first-order chi connectivity index (χ1) is 9.39. The predicted molar refractivity (Wildman–Crippen MR) is 90.3 cm³/mol. The van der Waals surface area contributed by atoms with Gasteiger partial charge in [0, 0.05) is 10.6 Å². The van der Waals surface area contributed by atoms with Gasteiger partial charge in [-0.15, -0.1) is 0 Å². The maximum atomic E-state index is 10.9. The lowest BCUT2D eigenvalue weighted by molar-refractivity contribution is -0.137. The number of hydrogen-bond acceptors (Lipinski definition) is 3. The molecule has 0 heterocycles. The number of aliphatic carboxylic acids is 1. The number of nitrogens with two attached hydrogens (primary N) is 1. The highest BCUT2D eigenvalue weighted by Crippen LogP contribution is 2.27. The van der Waals surface area contributed by atoms with E-state index in [-0.39, 0.29) is 0 Å². The van der Waals surface area contributed by atoms with Crippen LogP contribution in [0.2, 0.25) is 13.1 Å². The topological polar surface area (TPSA) is 63.3 Å². The van der Waals surface area contributed by atoms with Crippen LogP contribution in [0.25, 0.3) is 0 Å². The highest BCUT2D eigenvalue weighted by atomic mass is 32.2. The zero-order valence-corrected chi connectivity index (χ0v) is 14.3. The maximum Gasteiger partial charge on any atom is 0.321 e. The molecule has 1 aromatic carbocycles. The molecular formula is C15H25NO2SSi. The summed E-state index contributed by atoms with van der Waals surface area (Å²) < 4.78 is 0. The van der Waals surface area contributed by atoms with Gasteiger partial charge in [0.25, 0.3) is 0 Å². The summed E-state index contributed by atoms with van der Waals surface area (Å²) in [6, 6.07) is 9.84. The number of carbonyl (C=O) groups is 1. The van der Waals surface area contributed by atoms with Crippen LogP contribution in [0, 0.1) is 0 Å². The molecule has 0 aliphatic heterocycles. The van der Waals surface area contributed by atoms with Gasteiger partial charge in [0.2, 0.25) is 0 Å². The van der Waals surface area contributed by atoms with E-state index in [1.54, 1.807) is 11.8 Å². The van der Waals surface area contributed by atoms with E-state index in [1.165, 1.54) is 5.19 Å². The third-order valence-corrected chi connectivity index (χ3v) is 10.8. The van der Waals surface area contributed by atoms with Gasteiger partial charge in [-0.25, -0.2) is 0 Å². The highest BCUT2D eigenvalue weighted by Gasteiger charge is 2.33. The Morgan fingerprint density at radius 3 is 2.45 bits per heavy atom. The lowest BCUT2D eigenvalue weighted by Gasteiger charge is -2.33. The van der Waals surface area contributed by atoms with Crippen molar-refractivity contribution in [3.05, 3.63) is 30.3 Å². The minimum atomic E-state index is -1.62. The number of carboxylic acid groups (broad SMARTS) is 1. The van der Waals surface area contributed by atoms with Crippen LogP contribution in [0.1, 0.15) is 19.8 Å². The van der Waals surface area contributed by atoms with E-state index in [2.05, 4.69) is 44.3 Å². The average molecular weight is 312 g/mol. The maximum absolute atomic E-state index is 10.9. The summed E-state index contributed by atoms with van der Waals surface area (Å²) in [6.45, 7) is 6.91. The molecule has 2 unspecified atom stereocenters. The van der Waals surface area contributed by atoms with Crippen molar-refractivity contribution < 1.29 is 9.90 Å². The van der Waals surface area contributed by atoms with E-state index < -0.39 is 20.1 Å². The zero-order valence-electron chi connectivity index (χ0n) is 12.5. The van der Waals surface area contributed by atoms with Crippen molar-refractivity contribution in [1.82, 2.24) is 0 Å². The van der Waals surface area contributed by atoms with Gasteiger partial charge in [0.15, 0.2) is 0 Å². The third-order valence-electron chi connectivity index (χ3n) is 3.67. The van der Waals surface area contributed by atoms with Gasteiger partial charge in [-0.1, -0.05) is 62.0 Å². The van der Waals surface area contributed by atoms with Crippen molar-refractivity contribution in [2.75, 3.05) is 5.75 Å². The Morgan fingerprint density at radius 2 is 1.95 bits per heavy atom. The Morgan fingerprint density at radius 1 is 1.35 bits per heavy atom. The van der Waals surface area contributed by atoms with Crippen molar-refractivity contribution in [2.45, 2.75) is 43.8 Å². The largest absolute Gasteiger partial charge is 0.480 e. The molecule has 0 aliphatic carbocycles. The van der Waals surface area contributed by atoms with Crippen LogP contribution in [-0.2, 0) is 4.79 Å². The van der Waals surface area contributed by atoms with Gasteiger partial charge < -0.3 is 10.8 Å². The Balaban J connectivity index is 2.81. The second kappa shape index (κ2) is 7.86. The van der Waals surface area contributed by atoms with Gasteiger partial charge in [-0.05, 0) is 6.42 Å². The summed E-state index contributed by atoms with van der Waals surface area (Å²) in [5.74, 6) is -0.421. The molecule has 0 radical (unpaired) electrons. The Labute approximate surface area is 127 Å². The molecule has 3 nitrogen and oxygen atoms in total. The van der Waals surface area contributed by atoms with Crippen LogP contribution < -0.4 is 10.9 Å². The van der Waals surface area contributed by atoms with Crippen LogP contribution in [-0.4, -0.2) is 35.8 Å². The van der Waals surface area contributed by atoms with Crippen LogP contribution >= 0.6 is 11.8 Å². The fraction of sp³-hybridized carbons (Fsp3) is 0.533. The summed E-state index contributed by atoms with van der Waals surface area (Å²) in [7, 11) is -1.62. The van der Waals surface area contributed by atoms with E-state index in [1.807, 2.05) is 6.07 Å². The summed E-state index contributed by atoms with van der Waals surface area (Å²) >= 11 is 1.74. The van der Waals surface area contributed by atoms with Gasteiger partial charge in [0.05, 0.1) is 8.07 Å². The van der Waals surface area contributed by atoms with Gasteiger partial charge in [-0.2, -0.15) is 11.8 Å². The summed E-state index contributed by atoms with van der Waals surface area (Å²) in [6.07, 6.45) is 2.23. The van der Waals surface area contributed by atoms with Crippen LogP contribution in [0.4, 0.5) is 0 Å². The summed E-state index contributed by atoms with van der Waals surface area (Å²) in [4.78, 5) is 11.4. The molecule has 0 saturated carbocycles. The minimum absolute atomic E-state index is 0.489. The van der Waals surface area contributed by atoms with Gasteiger partial charge in [0.1, 0.15) is 6.04 Å². The van der Waals surface area contributed by atoms with Crippen LogP contribution in [0.15, 0.2) is 30.3 Å². The van der Waals surface area contributed by atoms with Crippen molar-refractivity contribution in [2.24, 2.45) is 5.73 Å². The second-order valence-electron chi connectivity index (χ2n) is 5.64. The average Bonchev–Trinajstić information content (AvgIpc) is 2.43. The normalized spacial score (nSPS) is 14.8. The quantitative estimate of drug-likeness (QED) is 0.724. The number of rotatable bonds is 8. The first-order valence-corrected chi connectivity index (χ1v) is 11.2. The molecule has 3 N–H and O–H groups in total. The standard InChI is InChI=1S/C15H25NO2SSi/c1-4-8-14(19-11-13(16)15(17)18)20(2,3)12-9-6-5-7-10-12/h5-7,9-10,13-14H,4,8,11,16H2,1-3H3,(H,17,18). The highest BCUT2D eigenvalue weighted by molar-refractivity contribution is 8.01. The van der Waals surface area contributed by atoms with Crippen molar-refractivity contribution in [3.63, 3.8) is 0 Å². The van der Waals surface area contributed by atoms with Crippen molar-refractivity contribution >= 4 is 31.0 Å². The zero-order chi connectivity index (χ0) is 15.2. The van der Waals surface area contributed by atoms with E-state index >= 15 is 0 Å². The summed E-state index contributed by atoms with van der Waals surface area (Å²) in [5, 5.41) is 10.3. The Kier molecular flexibility index (Phi) is 6.78. The van der Waals surface area contributed by atoms with E-state index in [9.17, 15) is 4.79 Å². The smallest absolute Gasteiger partial charge is 0.321 e. The molecule has 0 fully saturated rings. The number of hydrogen-bond donors (Lipinski definition) is 2. The Hall–Kier alpha value is -0.783. The van der Waals surface area contributed by atoms with Crippen molar-refractivity contribution in [3.8, 4) is 0 Å². The molecule has 0 bridgehead atoms. The van der Waals surface area contributed by atoms with E-state index in [0.29, 0.717) is 10.6 Å². The molecule has 5 heteroatoms. The van der Waals surface area contributed by atoms with E-state index in [0.717, 1.165) is 12.8 Å². The molecule has 1 rings (SSSR count). The minimum Gasteiger partial charge on any atom is -0.480 e. The fourth-order valence-electron chi connectivity index (χ4n) is 2.26. The predicted octanol–water partition coefficient (Wildman–Crippen LogP) is 2.46. The first-order valence-electron chi connectivity index (χ1n) is 7.05. The molecule has 1 aromatic rings. The molecule has 20 heavy (non-hydrogen) atoms. The van der Waals surface area contributed by atoms with Gasteiger partial charge >= 0.3 is 5.97 Å². The molecule has 2 atom stereocenters. The fourth-order valence-corrected chi connectivity index (χ4v) is 8.04. The van der Waals surface area contributed by atoms with Gasteiger partial charge in [-0.3, -0.25) is 4.79 Å². The molecule has 0 saturated heterocycles. The van der Waals surface area contributed by atoms with Crippen molar-refractivity contribution in [1.29, 1.82) is 0 Å². The monoisotopic (exact) mass is 311 g/mol. The molecular weight excluding hydrogens is 286 g/mol. The lowest BCUT2D eigenvalue weighted by atomic mass is 10.4. The second-order valence-corrected chi connectivity index (χ2v) is 12.0. The molecule has 112 valence electrons. The number of thioether (sulfide) groups is 1. The van der Waals surface area contributed by atoms with Crippen LogP contribution in [0.5, 0.6) is 0 Å². The molecule has 0 spiro atoms. The summed E-state index contributed by atoms with van der Waals surface area (Å²) in [5.41, 5.74) is 5.64. The third kappa shape index (κ3) is 4.65. The Bertz CT molecular complexity index is 425.